The molecule has 0 amide bonds. The zero-order valence-electron chi connectivity index (χ0n) is 7.38. The van der Waals surface area contributed by atoms with Gasteiger partial charge in [-0.15, -0.1) is 0 Å². The van der Waals surface area contributed by atoms with Crippen LogP contribution in [0.25, 0.3) is 0 Å². The fourth-order valence-electron chi connectivity index (χ4n) is 1.63. The fraction of sp³-hybridized carbons (Fsp3) is 0.500. The highest BCUT2D eigenvalue weighted by Crippen LogP contribution is 2.19. The second-order valence-corrected chi connectivity index (χ2v) is 3.45. The molecule has 12 heavy (non-hydrogen) atoms. The van der Waals surface area contributed by atoms with Gasteiger partial charge >= 0.3 is 0 Å². The smallest absolute Gasteiger partial charge is 0.0447 e. The summed E-state index contributed by atoms with van der Waals surface area (Å²) in [7, 11) is 0. The van der Waals surface area contributed by atoms with Crippen molar-refractivity contribution < 1.29 is 0 Å². The van der Waals surface area contributed by atoms with Crippen LogP contribution in [-0.2, 0) is 0 Å². The summed E-state index contributed by atoms with van der Waals surface area (Å²) in [5, 5.41) is 3.35. The molecule has 1 fully saturated rings. The standard InChI is InChI=1S/C10H14N2/c1-8-2-3-10(12-6-8)9-4-5-11-7-9/h2-3,6,9,11H,4-5,7H2,1H3/t9-/m1/s1. The number of aryl methyl sites for hydroxylation is 1. The molecule has 2 heterocycles. The SMILES string of the molecule is Cc1ccc([C@@H]2CCNC2)nc1. The maximum absolute atomic E-state index is 4.42. The van der Waals surface area contributed by atoms with E-state index in [4.69, 9.17) is 0 Å². The van der Waals surface area contributed by atoms with Gasteiger partial charge in [-0.3, -0.25) is 4.98 Å². The second-order valence-electron chi connectivity index (χ2n) is 3.45. The van der Waals surface area contributed by atoms with Gasteiger partial charge in [0.15, 0.2) is 0 Å². The maximum Gasteiger partial charge on any atom is 0.0447 e. The van der Waals surface area contributed by atoms with Crippen molar-refractivity contribution in [3.8, 4) is 0 Å². The molecule has 1 aliphatic rings. The van der Waals surface area contributed by atoms with Gasteiger partial charge in [-0.25, -0.2) is 0 Å². The summed E-state index contributed by atoms with van der Waals surface area (Å²) in [6, 6.07) is 4.29. The molecule has 2 heteroatoms. The van der Waals surface area contributed by atoms with Gasteiger partial charge in [-0.2, -0.15) is 0 Å². The Morgan fingerprint density at radius 2 is 2.42 bits per heavy atom. The van der Waals surface area contributed by atoms with E-state index in [0.717, 1.165) is 13.1 Å². The molecule has 0 radical (unpaired) electrons. The first-order chi connectivity index (χ1) is 5.86. The Bertz CT molecular complexity index is 247. The largest absolute Gasteiger partial charge is 0.316 e. The third-order valence-electron chi connectivity index (χ3n) is 2.41. The quantitative estimate of drug-likeness (QED) is 0.676. The van der Waals surface area contributed by atoms with Crippen molar-refractivity contribution in [1.82, 2.24) is 10.3 Å². The normalized spacial score (nSPS) is 22.9. The summed E-state index contributed by atoms with van der Waals surface area (Å²) in [4.78, 5) is 4.42. The van der Waals surface area contributed by atoms with E-state index >= 15 is 0 Å². The first kappa shape index (κ1) is 7.74. The highest BCUT2D eigenvalue weighted by atomic mass is 14.9. The van der Waals surface area contributed by atoms with Gasteiger partial charge in [-0.05, 0) is 31.5 Å². The van der Waals surface area contributed by atoms with Crippen molar-refractivity contribution in [2.75, 3.05) is 13.1 Å². The minimum absolute atomic E-state index is 0.644. The van der Waals surface area contributed by atoms with Crippen LogP contribution in [0.3, 0.4) is 0 Å². The molecular weight excluding hydrogens is 148 g/mol. The predicted molar refractivity (Wildman–Crippen MR) is 49.2 cm³/mol. The molecule has 1 aliphatic heterocycles. The van der Waals surface area contributed by atoms with Crippen LogP contribution < -0.4 is 5.32 Å². The van der Waals surface area contributed by atoms with Gasteiger partial charge < -0.3 is 5.32 Å². The molecule has 0 aromatic carbocycles. The zero-order chi connectivity index (χ0) is 8.39. The van der Waals surface area contributed by atoms with Crippen LogP contribution in [0.5, 0.6) is 0 Å². The van der Waals surface area contributed by atoms with Crippen molar-refractivity contribution >= 4 is 0 Å². The number of nitrogens with one attached hydrogen (secondary N) is 1. The van der Waals surface area contributed by atoms with Gasteiger partial charge in [0.25, 0.3) is 0 Å². The highest BCUT2D eigenvalue weighted by molar-refractivity contribution is 5.16. The fourth-order valence-corrected chi connectivity index (χ4v) is 1.63. The molecule has 1 atom stereocenters. The van der Waals surface area contributed by atoms with Crippen molar-refractivity contribution in [2.24, 2.45) is 0 Å². The summed E-state index contributed by atoms with van der Waals surface area (Å²) in [5.41, 5.74) is 2.48. The van der Waals surface area contributed by atoms with E-state index in [1.54, 1.807) is 0 Å². The van der Waals surface area contributed by atoms with E-state index in [9.17, 15) is 0 Å². The molecule has 1 saturated heterocycles. The summed E-state index contributed by atoms with van der Waals surface area (Å²) < 4.78 is 0. The number of hydrogen-bond acceptors (Lipinski definition) is 2. The molecule has 2 rings (SSSR count). The van der Waals surface area contributed by atoms with Crippen molar-refractivity contribution in [3.63, 3.8) is 0 Å². The third kappa shape index (κ3) is 1.48. The van der Waals surface area contributed by atoms with Crippen LogP contribution in [-0.4, -0.2) is 18.1 Å². The molecule has 0 aliphatic carbocycles. The molecule has 0 spiro atoms. The first-order valence-corrected chi connectivity index (χ1v) is 4.49. The Morgan fingerprint density at radius 3 is 3.00 bits per heavy atom. The van der Waals surface area contributed by atoms with Crippen LogP contribution >= 0.6 is 0 Å². The van der Waals surface area contributed by atoms with Crippen LogP contribution in [0, 0.1) is 6.92 Å². The van der Waals surface area contributed by atoms with E-state index in [0.29, 0.717) is 5.92 Å². The average Bonchev–Trinajstić information content (AvgIpc) is 2.58. The van der Waals surface area contributed by atoms with Crippen molar-refractivity contribution in [2.45, 2.75) is 19.3 Å². The summed E-state index contributed by atoms with van der Waals surface area (Å²) in [6.07, 6.45) is 3.18. The van der Waals surface area contributed by atoms with Crippen LogP contribution in [0.2, 0.25) is 0 Å². The van der Waals surface area contributed by atoms with Gasteiger partial charge in [-0.1, -0.05) is 6.07 Å². The molecule has 64 valence electrons. The molecule has 1 N–H and O–H groups in total. The minimum atomic E-state index is 0.644. The van der Waals surface area contributed by atoms with Crippen LogP contribution in [0.1, 0.15) is 23.6 Å². The number of nitrogens with zero attached hydrogens (tertiary/aromatic N) is 1. The Balaban J connectivity index is 2.17. The minimum Gasteiger partial charge on any atom is -0.316 e. The topological polar surface area (TPSA) is 24.9 Å². The van der Waals surface area contributed by atoms with Crippen LogP contribution in [0.4, 0.5) is 0 Å². The van der Waals surface area contributed by atoms with E-state index < -0.39 is 0 Å². The number of pyridine rings is 1. The molecule has 1 aromatic heterocycles. The van der Waals surface area contributed by atoms with E-state index in [-0.39, 0.29) is 0 Å². The van der Waals surface area contributed by atoms with E-state index in [1.165, 1.54) is 17.7 Å². The van der Waals surface area contributed by atoms with E-state index in [1.807, 2.05) is 6.20 Å². The first-order valence-electron chi connectivity index (χ1n) is 4.49. The molecule has 0 saturated carbocycles. The highest BCUT2D eigenvalue weighted by Gasteiger charge is 2.16. The Kier molecular flexibility index (Phi) is 2.09. The Hall–Kier alpha value is -0.890. The monoisotopic (exact) mass is 162 g/mol. The number of hydrogen-bond donors (Lipinski definition) is 1. The molecule has 0 unspecified atom stereocenters. The van der Waals surface area contributed by atoms with Crippen molar-refractivity contribution in [1.29, 1.82) is 0 Å². The molecule has 2 nitrogen and oxygen atoms in total. The lowest BCUT2D eigenvalue weighted by atomic mass is 10.0. The number of rotatable bonds is 1. The summed E-state index contributed by atoms with van der Waals surface area (Å²) in [5.74, 6) is 0.644. The second kappa shape index (κ2) is 3.23. The number of aromatic nitrogens is 1. The average molecular weight is 162 g/mol. The molecule has 0 bridgehead atoms. The Labute approximate surface area is 73.0 Å². The van der Waals surface area contributed by atoms with Gasteiger partial charge in [0.1, 0.15) is 0 Å². The van der Waals surface area contributed by atoms with Crippen molar-refractivity contribution in [3.05, 3.63) is 29.6 Å². The lowest BCUT2D eigenvalue weighted by molar-refractivity contribution is 0.734. The lowest BCUT2D eigenvalue weighted by Crippen LogP contribution is -2.08. The molecule has 1 aromatic rings. The maximum atomic E-state index is 4.42. The Morgan fingerprint density at radius 1 is 1.50 bits per heavy atom. The van der Waals surface area contributed by atoms with Crippen LogP contribution in [0.15, 0.2) is 18.3 Å². The predicted octanol–water partition coefficient (Wildman–Crippen LogP) is 1.47. The third-order valence-corrected chi connectivity index (χ3v) is 2.41. The summed E-state index contributed by atoms with van der Waals surface area (Å²) >= 11 is 0. The van der Waals surface area contributed by atoms with E-state index in [2.05, 4.69) is 29.4 Å². The zero-order valence-corrected chi connectivity index (χ0v) is 7.38. The lowest BCUT2D eigenvalue weighted by Gasteiger charge is -2.06. The van der Waals surface area contributed by atoms with Gasteiger partial charge in [0.2, 0.25) is 0 Å². The van der Waals surface area contributed by atoms with Gasteiger partial charge in [0.05, 0.1) is 0 Å². The van der Waals surface area contributed by atoms with Gasteiger partial charge in [0, 0.05) is 24.4 Å². The summed E-state index contributed by atoms with van der Waals surface area (Å²) in [6.45, 7) is 4.31. The molecular formula is C10H14N2.